The third-order valence-electron chi connectivity index (χ3n) is 3.07. The summed E-state index contributed by atoms with van der Waals surface area (Å²) in [5.41, 5.74) is 0.738. The van der Waals surface area contributed by atoms with Gasteiger partial charge in [-0.05, 0) is 30.0 Å². The summed E-state index contributed by atoms with van der Waals surface area (Å²) in [5, 5.41) is 0.953. The molecule has 0 spiro atoms. The molecule has 1 atom stereocenters. The molecule has 0 fully saturated rings. The van der Waals surface area contributed by atoms with Gasteiger partial charge in [-0.25, -0.2) is 12.8 Å². The predicted molar refractivity (Wildman–Crippen MR) is 84.6 cm³/mol. The number of hydrogen-bond donors (Lipinski definition) is 0. The molecule has 0 aliphatic heterocycles. The van der Waals surface area contributed by atoms with Crippen molar-refractivity contribution in [3.8, 4) is 0 Å². The molecule has 5 heteroatoms. The zero-order chi connectivity index (χ0) is 16.0. The second kappa shape index (κ2) is 7.52. The smallest absolute Gasteiger partial charge is 0.208 e. The van der Waals surface area contributed by atoms with Crippen molar-refractivity contribution >= 4 is 10.0 Å². The van der Waals surface area contributed by atoms with Crippen molar-refractivity contribution < 1.29 is 12.8 Å². The number of benzene rings is 1. The van der Waals surface area contributed by atoms with Crippen molar-refractivity contribution in [1.29, 1.82) is 0 Å². The van der Waals surface area contributed by atoms with Crippen LogP contribution in [0, 0.1) is 11.7 Å². The first kappa shape index (κ1) is 17.6. The van der Waals surface area contributed by atoms with E-state index in [1.165, 1.54) is 16.4 Å². The van der Waals surface area contributed by atoms with Crippen molar-refractivity contribution in [2.75, 3.05) is 6.54 Å². The van der Waals surface area contributed by atoms with Crippen LogP contribution in [0.15, 0.2) is 48.9 Å². The molecule has 0 aromatic heterocycles. The largest absolute Gasteiger partial charge is 0.236 e. The minimum atomic E-state index is -3.58. The van der Waals surface area contributed by atoms with Crippen LogP contribution in [0.3, 0.4) is 0 Å². The lowest BCUT2D eigenvalue weighted by atomic mass is 10.0. The van der Waals surface area contributed by atoms with Crippen LogP contribution >= 0.6 is 0 Å². The Morgan fingerprint density at radius 1 is 1.24 bits per heavy atom. The van der Waals surface area contributed by atoms with Gasteiger partial charge in [0.25, 0.3) is 0 Å². The molecule has 0 saturated heterocycles. The van der Waals surface area contributed by atoms with E-state index in [-0.39, 0.29) is 11.7 Å². The Morgan fingerprint density at radius 3 is 2.24 bits per heavy atom. The predicted octanol–water partition coefficient (Wildman–Crippen LogP) is 3.87. The summed E-state index contributed by atoms with van der Waals surface area (Å²) in [6.07, 6.45) is 2.12. The van der Waals surface area contributed by atoms with E-state index in [0.29, 0.717) is 13.0 Å². The van der Waals surface area contributed by atoms with Crippen molar-refractivity contribution in [2.24, 2.45) is 5.92 Å². The highest BCUT2D eigenvalue weighted by Crippen LogP contribution is 2.29. The van der Waals surface area contributed by atoms with Crippen molar-refractivity contribution in [2.45, 2.75) is 26.3 Å². The van der Waals surface area contributed by atoms with E-state index in [1.807, 2.05) is 13.8 Å². The van der Waals surface area contributed by atoms with Crippen molar-refractivity contribution in [1.82, 2.24) is 4.31 Å². The van der Waals surface area contributed by atoms with Crippen LogP contribution in [0.1, 0.15) is 31.9 Å². The lowest BCUT2D eigenvalue weighted by Crippen LogP contribution is -2.36. The van der Waals surface area contributed by atoms with Gasteiger partial charge < -0.3 is 0 Å². The fourth-order valence-corrected chi connectivity index (χ4v) is 3.39. The standard InChI is InChI=1S/C16H22FNO2S/c1-5-7-16(14-8-10-15(17)11-9-14)18(12-13(3)4)21(19,20)6-2/h5-6,8-11,13,16H,1-2,7,12H2,3-4H3/t16-/m1/s1. The molecule has 116 valence electrons. The average Bonchev–Trinajstić information content (AvgIpc) is 2.43. The Morgan fingerprint density at radius 2 is 1.81 bits per heavy atom. The topological polar surface area (TPSA) is 37.4 Å². The Bertz CT molecular complexity index is 579. The van der Waals surface area contributed by atoms with E-state index in [0.717, 1.165) is 11.0 Å². The van der Waals surface area contributed by atoms with Crippen LogP contribution in [-0.4, -0.2) is 19.3 Å². The summed E-state index contributed by atoms with van der Waals surface area (Å²) in [6, 6.07) is 5.47. The summed E-state index contributed by atoms with van der Waals surface area (Å²) < 4.78 is 39.1. The van der Waals surface area contributed by atoms with E-state index in [1.54, 1.807) is 18.2 Å². The summed E-state index contributed by atoms with van der Waals surface area (Å²) >= 11 is 0. The van der Waals surface area contributed by atoms with Gasteiger partial charge in [-0.15, -0.1) is 6.58 Å². The second-order valence-corrected chi connectivity index (χ2v) is 7.10. The van der Waals surface area contributed by atoms with Crippen LogP contribution in [0.5, 0.6) is 0 Å². The highest BCUT2D eigenvalue weighted by atomic mass is 32.2. The summed E-state index contributed by atoms with van der Waals surface area (Å²) in [7, 11) is -3.58. The number of hydrogen-bond acceptors (Lipinski definition) is 2. The molecule has 0 heterocycles. The molecule has 1 aromatic carbocycles. The lowest BCUT2D eigenvalue weighted by molar-refractivity contribution is 0.297. The lowest BCUT2D eigenvalue weighted by Gasteiger charge is -2.31. The summed E-state index contributed by atoms with van der Waals surface area (Å²) in [5.74, 6) is -0.189. The van der Waals surface area contributed by atoms with E-state index < -0.39 is 16.1 Å². The normalized spacial score (nSPS) is 13.4. The van der Waals surface area contributed by atoms with Gasteiger partial charge in [0.15, 0.2) is 0 Å². The molecule has 21 heavy (non-hydrogen) atoms. The molecule has 0 radical (unpaired) electrons. The van der Waals surface area contributed by atoms with Crippen molar-refractivity contribution in [3.05, 3.63) is 60.3 Å². The Labute approximate surface area is 126 Å². The maximum absolute atomic E-state index is 13.1. The number of halogens is 1. The molecule has 0 aliphatic rings. The Balaban J connectivity index is 3.28. The van der Waals surface area contributed by atoms with Gasteiger partial charge in [0, 0.05) is 12.0 Å². The molecule has 3 nitrogen and oxygen atoms in total. The zero-order valence-corrected chi connectivity index (χ0v) is 13.3. The van der Waals surface area contributed by atoms with Crippen LogP contribution in [-0.2, 0) is 10.0 Å². The first-order chi connectivity index (χ1) is 9.81. The third-order valence-corrected chi connectivity index (χ3v) is 4.55. The molecule has 0 saturated carbocycles. The van der Waals surface area contributed by atoms with E-state index >= 15 is 0 Å². The molecule has 0 unspecified atom stereocenters. The number of rotatable bonds is 8. The Hall–Kier alpha value is -1.46. The van der Waals surface area contributed by atoms with Gasteiger partial charge >= 0.3 is 0 Å². The van der Waals surface area contributed by atoms with E-state index in [4.69, 9.17) is 0 Å². The van der Waals surface area contributed by atoms with Gasteiger partial charge in [0.05, 0.1) is 6.04 Å². The van der Waals surface area contributed by atoms with Crippen LogP contribution in [0.25, 0.3) is 0 Å². The molecule has 0 amide bonds. The van der Waals surface area contributed by atoms with Crippen LogP contribution in [0.4, 0.5) is 4.39 Å². The average molecular weight is 311 g/mol. The maximum atomic E-state index is 13.1. The third kappa shape index (κ3) is 4.79. The van der Waals surface area contributed by atoms with E-state index in [9.17, 15) is 12.8 Å². The van der Waals surface area contributed by atoms with E-state index in [2.05, 4.69) is 13.2 Å². The summed E-state index contributed by atoms with van der Waals surface area (Å²) in [4.78, 5) is 0. The molecule has 0 bridgehead atoms. The van der Waals surface area contributed by atoms with Gasteiger partial charge in [-0.2, -0.15) is 4.31 Å². The Kier molecular flexibility index (Phi) is 6.30. The number of sulfonamides is 1. The number of nitrogens with zero attached hydrogens (tertiary/aromatic N) is 1. The van der Waals surface area contributed by atoms with Gasteiger partial charge in [0.1, 0.15) is 5.82 Å². The van der Waals surface area contributed by atoms with Crippen molar-refractivity contribution in [3.63, 3.8) is 0 Å². The van der Waals surface area contributed by atoms with Crippen LogP contribution < -0.4 is 0 Å². The maximum Gasteiger partial charge on any atom is 0.236 e. The van der Waals surface area contributed by atoms with Gasteiger partial charge in [-0.3, -0.25) is 0 Å². The minimum absolute atomic E-state index is 0.160. The van der Waals surface area contributed by atoms with Crippen LogP contribution in [0.2, 0.25) is 0 Å². The SMILES string of the molecule is C=CC[C@H](c1ccc(F)cc1)N(CC(C)C)S(=O)(=O)C=C. The van der Waals surface area contributed by atoms with Gasteiger partial charge in [0.2, 0.25) is 10.0 Å². The minimum Gasteiger partial charge on any atom is -0.208 e. The fraction of sp³-hybridized carbons (Fsp3) is 0.375. The highest BCUT2D eigenvalue weighted by Gasteiger charge is 2.28. The monoisotopic (exact) mass is 311 g/mol. The second-order valence-electron chi connectivity index (χ2n) is 5.27. The van der Waals surface area contributed by atoms with Gasteiger partial charge in [-0.1, -0.05) is 38.6 Å². The molecule has 0 N–H and O–H groups in total. The molecular weight excluding hydrogens is 289 g/mol. The molecular formula is C16H22FNO2S. The summed E-state index contributed by atoms with van der Waals surface area (Å²) in [6.45, 7) is 11.3. The quantitative estimate of drug-likeness (QED) is 0.683. The molecule has 0 aliphatic carbocycles. The molecule has 1 rings (SSSR count). The first-order valence-electron chi connectivity index (χ1n) is 6.82. The zero-order valence-electron chi connectivity index (χ0n) is 12.5. The highest BCUT2D eigenvalue weighted by molar-refractivity contribution is 7.92. The molecule has 1 aromatic rings. The fourth-order valence-electron chi connectivity index (χ4n) is 2.13. The first-order valence-corrected chi connectivity index (χ1v) is 8.32.